The molecule has 1 aliphatic rings. The second kappa shape index (κ2) is 7.02. The second-order valence-corrected chi connectivity index (χ2v) is 5.54. The summed E-state index contributed by atoms with van der Waals surface area (Å²) in [5, 5.41) is 12.4. The number of aliphatic hydroxyl groups excluding tert-OH is 1. The Hall–Kier alpha value is -1.73. The van der Waals surface area contributed by atoms with Gasteiger partial charge >= 0.3 is 6.61 Å². The molecule has 1 aromatic rings. The minimum Gasteiger partial charge on any atom is -0.433 e. The van der Waals surface area contributed by atoms with Crippen LogP contribution >= 0.6 is 0 Å². The van der Waals surface area contributed by atoms with E-state index < -0.39 is 18.8 Å². The minimum absolute atomic E-state index is 0.0760. The normalized spacial score (nSPS) is 23.5. The first-order chi connectivity index (χ1) is 10.4. The van der Waals surface area contributed by atoms with E-state index in [9.17, 15) is 18.7 Å². The van der Waals surface area contributed by atoms with E-state index in [2.05, 4.69) is 10.1 Å². The van der Waals surface area contributed by atoms with Gasteiger partial charge < -0.3 is 15.2 Å². The van der Waals surface area contributed by atoms with Crippen molar-refractivity contribution < 1.29 is 23.4 Å². The molecule has 1 fully saturated rings. The molecule has 122 valence electrons. The van der Waals surface area contributed by atoms with Crippen molar-refractivity contribution in [2.75, 3.05) is 18.4 Å². The molecular formula is C15H20F2N2O3. The number of ether oxygens (including phenoxy) is 1. The maximum absolute atomic E-state index is 12.4. The Balaban J connectivity index is 2.03. The molecule has 2 N–H and O–H groups in total. The molecule has 0 radical (unpaired) electrons. The summed E-state index contributed by atoms with van der Waals surface area (Å²) < 4.78 is 29.1. The van der Waals surface area contributed by atoms with Crippen molar-refractivity contribution in [1.29, 1.82) is 0 Å². The van der Waals surface area contributed by atoms with E-state index in [4.69, 9.17) is 0 Å². The molecule has 3 atom stereocenters. The van der Waals surface area contributed by atoms with Crippen LogP contribution in [0.25, 0.3) is 0 Å². The largest absolute Gasteiger partial charge is 0.433 e. The average Bonchev–Trinajstić information content (AvgIpc) is 2.79. The number of rotatable bonds is 5. The van der Waals surface area contributed by atoms with Crippen LogP contribution in [-0.2, 0) is 4.79 Å². The zero-order chi connectivity index (χ0) is 16.3. The zero-order valence-electron chi connectivity index (χ0n) is 12.5. The highest BCUT2D eigenvalue weighted by Gasteiger charge is 2.33. The fraction of sp³-hybridized carbons (Fsp3) is 0.533. The maximum atomic E-state index is 12.4. The maximum Gasteiger partial charge on any atom is 0.387 e. The fourth-order valence-corrected chi connectivity index (χ4v) is 2.47. The summed E-state index contributed by atoms with van der Waals surface area (Å²) in [6, 6.07) is 5.58. The van der Waals surface area contributed by atoms with Crippen molar-refractivity contribution in [1.82, 2.24) is 4.90 Å². The number of hydrogen-bond donors (Lipinski definition) is 2. The van der Waals surface area contributed by atoms with Crippen molar-refractivity contribution in [3.63, 3.8) is 0 Å². The average molecular weight is 314 g/mol. The number of carbonyl (C=O) groups excluding carboxylic acids is 1. The first-order valence-electron chi connectivity index (χ1n) is 7.15. The Morgan fingerprint density at radius 3 is 2.68 bits per heavy atom. The third kappa shape index (κ3) is 3.92. The topological polar surface area (TPSA) is 61.8 Å². The number of amides is 1. The summed E-state index contributed by atoms with van der Waals surface area (Å²) in [6.07, 6.45) is -0.454. The second-order valence-electron chi connectivity index (χ2n) is 5.54. The van der Waals surface area contributed by atoms with E-state index in [-0.39, 0.29) is 23.3 Å². The van der Waals surface area contributed by atoms with Gasteiger partial charge in [0.25, 0.3) is 0 Å². The molecule has 0 unspecified atom stereocenters. The summed E-state index contributed by atoms with van der Waals surface area (Å²) in [6.45, 7) is 1.72. The Labute approximate surface area is 127 Å². The van der Waals surface area contributed by atoms with Gasteiger partial charge in [0.1, 0.15) is 5.75 Å². The van der Waals surface area contributed by atoms with Crippen molar-refractivity contribution >= 4 is 11.6 Å². The van der Waals surface area contributed by atoms with Gasteiger partial charge in [-0.3, -0.25) is 9.69 Å². The molecule has 1 amide bonds. The van der Waals surface area contributed by atoms with E-state index in [1.54, 1.807) is 19.1 Å². The number of alkyl halides is 2. The highest BCUT2D eigenvalue weighted by atomic mass is 19.3. The number of nitrogens with zero attached hydrogens (tertiary/aromatic N) is 1. The monoisotopic (exact) mass is 314 g/mol. The van der Waals surface area contributed by atoms with Gasteiger partial charge in [0.05, 0.1) is 17.8 Å². The fourth-order valence-electron chi connectivity index (χ4n) is 2.47. The molecule has 5 nitrogen and oxygen atoms in total. The number of halogens is 2. The third-order valence-electron chi connectivity index (χ3n) is 3.89. The quantitative estimate of drug-likeness (QED) is 0.872. The molecule has 0 aliphatic carbocycles. The van der Waals surface area contributed by atoms with Crippen LogP contribution in [0, 0.1) is 5.92 Å². The molecule has 0 saturated carbocycles. The molecule has 1 saturated heterocycles. The molecule has 1 aliphatic heterocycles. The lowest BCUT2D eigenvalue weighted by Crippen LogP contribution is -2.41. The van der Waals surface area contributed by atoms with Gasteiger partial charge in [-0.25, -0.2) is 0 Å². The van der Waals surface area contributed by atoms with Gasteiger partial charge in [-0.15, -0.1) is 0 Å². The van der Waals surface area contributed by atoms with Crippen LogP contribution in [0.15, 0.2) is 24.3 Å². The van der Waals surface area contributed by atoms with E-state index in [0.29, 0.717) is 13.1 Å². The molecule has 22 heavy (non-hydrogen) atoms. The van der Waals surface area contributed by atoms with Crippen LogP contribution < -0.4 is 10.1 Å². The number of benzene rings is 1. The summed E-state index contributed by atoms with van der Waals surface area (Å²) in [5.41, 5.74) is 0.201. The van der Waals surface area contributed by atoms with Crippen molar-refractivity contribution in [3.8, 4) is 5.75 Å². The Kier molecular flexibility index (Phi) is 5.31. The van der Waals surface area contributed by atoms with Crippen LogP contribution in [0.5, 0.6) is 5.75 Å². The van der Waals surface area contributed by atoms with E-state index >= 15 is 0 Å². The molecule has 7 heteroatoms. The van der Waals surface area contributed by atoms with Crippen LogP contribution in [0.3, 0.4) is 0 Å². The number of nitrogens with one attached hydrogen (secondary N) is 1. The number of β-amino-alcohol motifs (C(OH)–C–C–N with tert-alkyl or cyclic N) is 1. The number of para-hydroxylation sites is 2. The predicted molar refractivity (Wildman–Crippen MR) is 77.9 cm³/mol. The summed E-state index contributed by atoms with van der Waals surface area (Å²) in [5.74, 6) is -0.302. The molecule has 0 aromatic heterocycles. The van der Waals surface area contributed by atoms with Gasteiger partial charge in [-0.05, 0) is 25.0 Å². The van der Waals surface area contributed by atoms with Gasteiger partial charge in [0.15, 0.2) is 0 Å². The highest BCUT2D eigenvalue weighted by molar-refractivity contribution is 5.95. The number of likely N-dealkylation sites (tertiary alicyclic amines) is 1. The molecule has 1 aromatic carbocycles. The van der Waals surface area contributed by atoms with E-state index in [1.165, 1.54) is 12.1 Å². The zero-order valence-corrected chi connectivity index (χ0v) is 12.5. The van der Waals surface area contributed by atoms with Gasteiger partial charge in [-0.2, -0.15) is 8.78 Å². The highest BCUT2D eigenvalue weighted by Crippen LogP contribution is 2.26. The smallest absolute Gasteiger partial charge is 0.387 e. The van der Waals surface area contributed by atoms with Crippen molar-refractivity contribution in [3.05, 3.63) is 24.3 Å². The van der Waals surface area contributed by atoms with Gasteiger partial charge in [-0.1, -0.05) is 19.1 Å². The minimum atomic E-state index is -2.95. The van der Waals surface area contributed by atoms with E-state index in [1.807, 2.05) is 11.8 Å². The Bertz CT molecular complexity index is 517. The molecule has 0 spiro atoms. The number of hydrogen-bond acceptors (Lipinski definition) is 4. The van der Waals surface area contributed by atoms with Crippen LogP contribution in [0.2, 0.25) is 0 Å². The molecule has 1 heterocycles. The first-order valence-corrected chi connectivity index (χ1v) is 7.15. The van der Waals surface area contributed by atoms with Gasteiger partial charge in [0, 0.05) is 13.1 Å². The number of aliphatic hydroxyl groups is 1. The van der Waals surface area contributed by atoms with Crippen LogP contribution in [-0.4, -0.2) is 47.8 Å². The number of anilines is 1. The number of carbonyl (C=O) groups is 1. The van der Waals surface area contributed by atoms with E-state index in [0.717, 1.165) is 0 Å². The Morgan fingerprint density at radius 1 is 1.41 bits per heavy atom. The third-order valence-corrected chi connectivity index (χ3v) is 3.89. The van der Waals surface area contributed by atoms with Gasteiger partial charge in [0.2, 0.25) is 5.91 Å². The molecule has 2 rings (SSSR count). The first kappa shape index (κ1) is 16.6. The van der Waals surface area contributed by atoms with Crippen molar-refractivity contribution in [2.24, 2.45) is 5.92 Å². The standard InChI is InChI=1S/C15H20F2N2O3/c1-9-7-19(8-12(9)20)10(2)14(21)18-11-5-3-4-6-13(11)22-15(16)17/h3-6,9-10,12,15,20H,7-8H2,1-2H3,(H,18,21)/t9-,10-,12+/m1/s1. The summed E-state index contributed by atoms with van der Waals surface area (Å²) >= 11 is 0. The molecule has 0 bridgehead atoms. The predicted octanol–water partition coefficient (Wildman–Crippen LogP) is 1.93. The lowest BCUT2D eigenvalue weighted by molar-refractivity contribution is -0.120. The van der Waals surface area contributed by atoms with Crippen LogP contribution in [0.4, 0.5) is 14.5 Å². The summed E-state index contributed by atoms with van der Waals surface area (Å²) in [4.78, 5) is 14.1. The lowest BCUT2D eigenvalue weighted by Gasteiger charge is -2.23. The van der Waals surface area contributed by atoms with Crippen molar-refractivity contribution in [2.45, 2.75) is 32.6 Å². The van der Waals surface area contributed by atoms with Crippen LogP contribution in [0.1, 0.15) is 13.8 Å². The SMILES string of the molecule is C[C@@H]1CN([C@H](C)C(=O)Nc2ccccc2OC(F)F)C[C@@H]1O. The molecular weight excluding hydrogens is 294 g/mol. The Morgan fingerprint density at radius 2 is 2.09 bits per heavy atom. The lowest BCUT2D eigenvalue weighted by atomic mass is 10.1. The summed E-state index contributed by atoms with van der Waals surface area (Å²) in [7, 11) is 0.